The monoisotopic (exact) mass is 326 g/mol. The molecule has 21 heavy (non-hydrogen) atoms. The zero-order valence-electron chi connectivity index (χ0n) is 12.5. The number of sulfonamides is 1. The molecule has 0 spiro atoms. The third-order valence-electron chi connectivity index (χ3n) is 3.08. The van der Waals surface area contributed by atoms with Crippen molar-refractivity contribution in [1.29, 1.82) is 0 Å². The number of aromatic nitrogens is 1. The van der Waals surface area contributed by atoms with E-state index in [2.05, 4.69) is 4.98 Å². The summed E-state index contributed by atoms with van der Waals surface area (Å²) in [5.74, 6) is 0.653. The number of hydrogen-bond donors (Lipinski definition) is 0. The summed E-state index contributed by atoms with van der Waals surface area (Å²) in [4.78, 5) is 5.52. The lowest BCUT2D eigenvalue weighted by molar-refractivity contribution is 0.340. The van der Waals surface area contributed by atoms with Crippen molar-refractivity contribution >= 4 is 26.5 Å². The van der Waals surface area contributed by atoms with E-state index in [1.54, 1.807) is 24.3 Å². The second-order valence-electron chi connectivity index (χ2n) is 4.51. The number of aryl methyl sites for hydroxylation is 2. The van der Waals surface area contributed by atoms with Gasteiger partial charge in [-0.05, 0) is 45.0 Å². The average molecular weight is 326 g/mol. The molecule has 7 heteroatoms. The quantitative estimate of drug-likeness (QED) is 0.847. The van der Waals surface area contributed by atoms with Crippen LogP contribution >= 0.6 is 11.3 Å². The van der Waals surface area contributed by atoms with Crippen LogP contribution in [0.1, 0.15) is 17.5 Å². The molecule has 0 N–H and O–H groups in total. The Bertz CT molecular complexity index is 702. The minimum absolute atomic E-state index is 0.221. The van der Waals surface area contributed by atoms with Gasteiger partial charge in [0, 0.05) is 11.9 Å². The summed E-state index contributed by atoms with van der Waals surface area (Å²) in [7, 11) is -2.08. The molecule has 2 rings (SSSR count). The maximum atomic E-state index is 12.6. The molecule has 2 aromatic rings. The number of hydrogen-bond acceptors (Lipinski definition) is 5. The molecule has 5 nitrogen and oxygen atoms in total. The predicted octanol–water partition coefficient (Wildman–Crippen LogP) is 2.98. The highest BCUT2D eigenvalue weighted by Crippen LogP contribution is 2.29. The Morgan fingerprint density at radius 3 is 2.33 bits per heavy atom. The molecule has 0 aliphatic carbocycles. The van der Waals surface area contributed by atoms with Gasteiger partial charge in [0.15, 0.2) is 5.13 Å². The molecular formula is C14H18N2O3S2. The van der Waals surface area contributed by atoms with Gasteiger partial charge in [-0.25, -0.2) is 17.7 Å². The van der Waals surface area contributed by atoms with E-state index >= 15 is 0 Å². The average Bonchev–Trinajstić information content (AvgIpc) is 2.78. The fourth-order valence-electron chi connectivity index (χ4n) is 1.73. The first kappa shape index (κ1) is 15.8. The van der Waals surface area contributed by atoms with Crippen molar-refractivity contribution < 1.29 is 13.2 Å². The number of ether oxygens (including phenoxy) is 1. The molecule has 1 heterocycles. The molecule has 1 aromatic heterocycles. The zero-order valence-corrected chi connectivity index (χ0v) is 14.1. The highest BCUT2D eigenvalue weighted by atomic mass is 32.2. The van der Waals surface area contributed by atoms with E-state index < -0.39 is 10.0 Å². The Kier molecular flexibility index (Phi) is 4.53. The third kappa shape index (κ3) is 3.19. The maximum absolute atomic E-state index is 12.6. The summed E-state index contributed by atoms with van der Waals surface area (Å²) >= 11 is 1.37. The summed E-state index contributed by atoms with van der Waals surface area (Å²) in [5.41, 5.74) is 0.851. The second-order valence-corrected chi connectivity index (χ2v) is 7.67. The summed E-state index contributed by atoms with van der Waals surface area (Å²) in [5, 5.41) is 0.471. The Labute approximate surface area is 129 Å². The number of anilines is 1. The summed E-state index contributed by atoms with van der Waals surface area (Å²) in [6.45, 7) is 6.22. The van der Waals surface area contributed by atoms with Crippen LogP contribution in [0.2, 0.25) is 0 Å². The van der Waals surface area contributed by atoms with Gasteiger partial charge in [0.1, 0.15) is 5.75 Å². The van der Waals surface area contributed by atoms with Crippen LogP contribution in [0.4, 0.5) is 5.13 Å². The van der Waals surface area contributed by atoms with E-state index in [1.807, 2.05) is 20.8 Å². The van der Waals surface area contributed by atoms with Gasteiger partial charge in [0.05, 0.1) is 17.2 Å². The molecule has 0 aliphatic heterocycles. The van der Waals surface area contributed by atoms with E-state index in [0.29, 0.717) is 17.5 Å². The van der Waals surface area contributed by atoms with Crippen LogP contribution in [0.3, 0.4) is 0 Å². The second kappa shape index (κ2) is 6.03. The largest absolute Gasteiger partial charge is 0.494 e. The molecule has 0 radical (unpaired) electrons. The molecule has 114 valence electrons. The predicted molar refractivity (Wildman–Crippen MR) is 84.8 cm³/mol. The van der Waals surface area contributed by atoms with E-state index in [-0.39, 0.29) is 4.90 Å². The first-order valence-corrected chi connectivity index (χ1v) is 8.77. The molecule has 0 saturated carbocycles. The lowest BCUT2D eigenvalue weighted by Gasteiger charge is -2.16. The van der Waals surface area contributed by atoms with Gasteiger partial charge >= 0.3 is 0 Å². The number of nitrogens with zero attached hydrogens (tertiary/aromatic N) is 2. The van der Waals surface area contributed by atoms with E-state index in [1.165, 1.54) is 22.7 Å². The number of thiazole rings is 1. The van der Waals surface area contributed by atoms with Crippen LogP contribution in [0.25, 0.3) is 0 Å². The Hall–Kier alpha value is -1.60. The minimum Gasteiger partial charge on any atom is -0.494 e. The first-order chi connectivity index (χ1) is 9.86. The molecule has 0 saturated heterocycles. The van der Waals surface area contributed by atoms with Crippen LogP contribution in [-0.2, 0) is 10.0 Å². The fourth-order valence-corrected chi connectivity index (χ4v) is 3.95. The Morgan fingerprint density at radius 1 is 1.24 bits per heavy atom. The van der Waals surface area contributed by atoms with Crippen molar-refractivity contribution in [1.82, 2.24) is 4.98 Å². The molecule has 0 aliphatic rings. The van der Waals surface area contributed by atoms with Gasteiger partial charge in [-0.3, -0.25) is 0 Å². The number of rotatable bonds is 5. The standard InChI is InChI=1S/C14H18N2O3S2/c1-5-19-12-6-8-13(9-7-12)21(17,18)16(4)14-15-10(2)11(3)20-14/h6-9H,5H2,1-4H3. The maximum Gasteiger partial charge on any atom is 0.265 e. The van der Waals surface area contributed by atoms with Gasteiger partial charge in [-0.2, -0.15) is 0 Å². The molecule has 0 fully saturated rings. The van der Waals surface area contributed by atoms with Crippen molar-refractivity contribution in [3.05, 3.63) is 34.8 Å². The highest BCUT2D eigenvalue weighted by Gasteiger charge is 2.24. The molecule has 0 amide bonds. The SMILES string of the molecule is CCOc1ccc(S(=O)(=O)N(C)c2nc(C)c(C)s2)cc1. The lowest BCUT2D eigenvalue weighted by Crippen LogP contribution is -2.26. The van der Waals surface area contributed by atoms with Crippen molar-refractivity contribution in [2.75, 3.05) is 18.0 Å². The van der Waals surface area contributed by atoms with Crippen molar-refractivity contribution in [2.45, 2.75) is 25.7 Å². The van der Waals surface area contributed by atoms with Crippen molar-refractivity contribution in [2.24, 2.45) is 0 Å². The van der Waals surface area contributed by atoms with Crippen LogP contribution in [0.15, 0.2) is 29.2 Å². The van der Waals surface area contributed by atoms with Gasteiger partial charge in [0.25, 0.3) is 10.0 Å². The van der Waals surface area contributed by atoms with Crippen LogP contribution < -0.4 is 9.04 Å². The summed E-state index contributed by atoms with van der Waals surface area (Å²) in [6, 6.07) is 6.40. The lowest BCUT2D eigenvalue weighted by atomic mass is 10.3. The van der Waals surface area contributed by atoms with E-state index in [4.69, 9.17) is 4.74 Å². The first-order valence-electron chi connectivity index (χ1n) is 6.52. The Morgan fingerprint density at radius 2 is 1.86 bits per heavy atom. The third-order valence-corrected chi connectivity index (χ3v) is 6.11. The van der Waals surface area contributed by atoms with E-state index in [0.717, 1.165) is 10.6 Å². The van der Waals surface area contributed by atoms with Crippen molar-refractivity contribution in [3.63, 3.8) is 0 Å². The van der Waals surface area contributed by atoms with Gasteiger partial charge < -0.3 is 4.74 Å². The highest BCUT2D eigenvalue weighted by molar-refractivity contribution is 7.93. The molecule has 0 bridgehead atoms. The smallest absolute Gasteiger partial charge is 0.265 e. The summed E-state index contributed by atoms with van der Waals surface area (Å²) < 4.78 is 31.7. The molecular weight excluding hydrogens is 308 g/mol. The van der Waals surface area contributed by atoms with Crippen LogP contribution in [0.5, 0.6) is 5.75 Å². The van der Waals surface area contributed by atoms with Gasteiger partial charge in [-0.15, -0.1) is 11.3 Å². The molecule has 1 aromatic carbocycles. The van der Waals surface area contributed by atoms with E-state index in [9.17, 15) is 8.42 Å². The zero-order chi connectivity index (χ0) is 15.6. The minimum atomic E-state index is -3.60. The van der Waals surface area contributed by atoms with Gasteiger partial charge in [0.2, 0.25) is 0 Å². The topological polar surface area (TPSA) is 59.5 Å². The van der Waals surface area contributed by atoms with Crippen LogP contribution in [-0.4, -0.2) is 27.1 Å². The molecule has 0 unspecified atom stereocenters. The Balaban J connectivity index is 2.32. The molecule has 0 atom stereocenters. The normalized spacial score (nSPS) is 11.4. The fraction of sp³-hybridized carbons (Fsp3) is 0.357. The van der Waals surface area contributed by atoms with Gasteiger partial charge in [-0.1, -0.05) is 0 Å². The summed E-state index contributed by atoms with van der Waals surface area (Å²) in [6.07, 6.45) is 0. The van der Waals surface area contributed by atoms with Crippen molar-refractivity contribution in [3.8, 4) is 5.75 Å². The van der Waals surface area contributed by atoms with Crippen LogP contribution in [0, 0.1) is 13.8 Å². The number of benzene rings is 1.